The van der Waals surface area contributed by atoms with Gasteiger partial charge in [0.1, 0.15) is 0 Å². The molecule has 0 aliphatic rings. The van der Waals surface area contributed by atoms with E-state index < -0.39 is 0 Å². The van der Waals surface area contributed by atoms with E-state index in [1.54, 1.807) is 24.3 Å². The van der Waals surface area contributed by atoms with Crippen molar-refractivity contribution in [2.75, 3.05) is 11.2 Å². The summed E-state index contributed by atoms with van der Waals surface area (Å²) in [5.41, 5.74) is 3.12. The van der Waals surface area contributed by atoms with E-state index >= 15 is 0 Å². The fraction of sp³-hybridized carbons (Fsp3) is 0.222. The van der Waals surface area contributed by atoms with Gasteiger partial charge < -0.3 is 10.6 Å². The van der Waals surface area contributed by atoms with Gasteiger partial charge in [-0.05, 0) is 24.6 Å². The molecular weight excluding hydrogens is 312 g/mol. The van der Waals surface area contributed by atoms with E-state index in [-0.39, 0.29) is 24.1 Å². The van der Waals surface area contributed by atoms with E-state index in [2.05, 4.69) is 10.6 Å². The zero-order chi connectivity index (χ0) is 16.7. The second-order valence-corrected chi connectivity index (χ2v) is 5.58. The molecule has 0 bridgehead atoms. The van der Waals surface area contributed by atoms with Crippen LogP contribution in [0, 0.1) is 6.92 Å². The van der Waals surface area contributed by atoms with Crippen LogP contribution in [0.3, 0.4) is 0 Å². The first-order chi connectivity index (χ1) is 11.1. The number of hydrogen-bond donors (Lipinski definition) is 2. The molecule has 0 unspecified atom stereocenters. The molecule has 5 heteroatoms. The van der Waals surface area contributed by atoms with Crippen molar-refractivity contribution in [1.82, 2.24) is 5.32 Å². The summed E-state index contributed by atoms with van der Waals surface area (Å²) in [6.07, 6.45) is 0.209. The minimum atomic E-state index is -0.229. The van der Waals surface area contributed by atoms with E-state index in [4.69, 9.17) is 11.6 Å². The molecule has 0 saturated heterocycles. The van der Waals surface area contributed by atoms with Crippen molar-refractivity contribution < 1.29 is 9.59 Å². The molecule has 0 atom stereocenters. The molecule has 0 fully saturated rings. The summed E-state index contributed by atoms with van der Waals surface area (Å²) in [5.74, 6) is -0.195. The SMILES string of the molecule is Cc1ccc(CNC(=O)c2ccccc2NC(=O)CCCl)cc1. The molecule has 2 aromatic rings. The minimum Gasteiger partial charge on any atom is -0.348 e. The second kappa shape index (κ2) is 8.34. The lowest BCUT2D eigenvalue weighted by molar-refractivity contribution is -0.115. The maximum Gasteiger partial charge on any atom is 0.253 e. The summed E-state index contributed by atoms with van der Waals surface area (Å²) in [7, 11) is 0. The average molecular weight is 331 g/mol. The highest BCUT2D eigenvalue weighted by Gasteiger charge is 2.12. The lowest BCUT2D eigenvalue weighted by atomic mass is 10.1. The Kier molecular flexibility index (Phi) is 6.18. The number of hydrogen-bond acceptors (Lipinski definition) is 2. The van der Waals surface area contributed by atoms with E-state index in [1.807, 2.05) is 31.2 Å². The van der Waals surface area contributed by atoms with Gasteiger partial charge in [0.05, 0.1) is 11.3 Å². The molecular formula is C18H19ClN2O2. The van der Waals surface area contributed by atoms with Gasteiger partial charge in [0.15, 0.2) is 0 Å². The maximum atomic E-state index is 12.4. The summed E-state index contributed by atoms with van der Waals surface area (Å²) in [5, 5.41) is 5.58. The van der Waals surface area contributed by atoms with Crippen molar-refractivity contribution in [3.63, 3.8) is 0 Å². The van der Waals surface area contributed by atoms with Crippen molar-refractivity contribution in [3.05, 3.63) is 65.2 Å². The van der Waals surface area contributed by atoms with Crippen LogP contribution in [-0.2, 0) is 11.3 Å². The number of benzene rings is 2. The fourth-order valence-electron chi connectivity index (χ4n) is 2.07. The summed E-state index contributed by atoms with van der Waals surface area (Å²) >= 11 is 5.55. The Balaban J connectivity index is 2.04. The van der Waals surface area contributed by atoms with Gasteiger partial charge in [-0.2, -0.15) is 0 Å². The van der Waals surface area contributed by atoms with E-state index in [9.17, 15) is 9.59 Å². The first-order valence-electron chi connectivity index (χ1n) is 7.38. The lowest BCUT2D eigenvalue weighted by Crippen LogP contribution is -2.24. The monoisotopic (exact) mass is 330 g/mol. The third-order valence-electron chi connectivity index (χ3n) is 3.34. The van der Waals surface area contributed by atoms with Gasteiger partial charge >= 0.3 is 0 Å². The highest BCUT2D eigenvalue weighted by atomic mass is 35.5. The van der Waals surface area contributed by atoms with Crippen LogP contribution in [0.15, 0.2) is 48.5 Å². The molecule has 0 aromatic heterocycles. The summed E-state index contributed by atoms with van der Waals surface area (Å²) in [6, 6.07) is 14.9. The molecule has 0 aliphatic heterocycles. The van der Waals surface area contributed by atoms with Crippen molar-refractivity contribution in [2.24, 2.45) is 0 Å². The molecule has 2 aromatic carbocycles. The summed E-state index contributed by atoms with van der Waals surface area (Å²) in [4.78, 5) is 24.0. The second-order valence-electron chi connectivity index (χ2n) is 5.20. The zero-order valence-corrected chi connectivity index (χ0v) is 13.7. The number of aryl methyl sites for hydroxylation is 1. The number of para-hydroxylation sites is 1. The highest BCUT2D eigenvalue weighted by molar-refractivity contribution is 6.19. The largest absolute Gasteiger partial charge is 0.348 e. The Morgan fingerprint density at radius 1 is 1.04 bits per heavy atom. The Labute approximate surface area is 140 Å². The van der Waals surface area contributed by atoms with Crippen molar-refractivity contribution in [3.8, 4) is 0 Å². The van der Waals surface area contributed by atoms with Gasteiger partial charge in [-0.25, -0.2) is 0 Å². The minimum absolute atomic E-state index is 0.209. The molecule has 2 amide bonds. The molecule has 23 heavy (non-hydrogen) atoms. The maximum absolute atomic E-state index is 12.4. The molecule has 0 aliphatic carbocycles. The molecule has 0 saturated carbocycles. The third-order valence-corrected chi connectivity index (χ3v) is 3.53. The van der Waals surface area contributed by atoms with Gasteiger partial charge in [0.2, 0.25) is 5.91 Å². The average Bonchev–Trinajstić information content (AvgIpc) is 2.55. The van der Waals surface area contributed by atoms with Crippen molar-refractivity contribution in [1.29, 1.82) is 0 Å². The lowest BCUT2D eigenvalue weighted by Gasteiger charge is -2.11. The number of anilines is 1. The van der Waals surface area contributed by atoms with Crippen LogP contribution in [0.1, 0.15) is 27.9 Å². The molecule has 0 spiro atoms. The Morgan fingerprint density at radius 3 is 2.43 bits per heavy atom. The standard InChI is InChI=1S/C18H19ClN2O2/c1-13-6-8-14(9-7-13)12-20-18(23)15-4-2-3-5-16(15)21-17(22)10-11-19/h2-9H,10-12H2,1H3,(H,20,23)(H,21,22). The summed E-state index contributed by atoms with van der Waals surface area (Å²) < 4.78 is 0. The van der Waals surface area contributed by atoms with Gasteiger partial charge in [-0.3, -0.25) is 9.59 Å². The summed E-state index contributed by atoms with van der Waals surface area (Å²) in [6.45, 7) is 2.45. The number of amides is 2. The van der Waals surface area contributed by atoms with Gasteiger partial charge in [0, 0.05) is 18.8 Å². The third kappa shape index (κ3) is 5.11. The Hall–Kier alpha value is -2.33. The Bertz CT molecular complexity index is 684. The molecule has 4 nitrogen and oxygen atoms in total. The van der Waals surface area contributed by atoms with Crippen LogP contribution < -0.4 is 10.6 Å². The normalized spacial score (nSPS) is 10.2. The topological polar surface area (TPSA) is 58.2 Å². The number of halogens is 1. The van der Waals surface area contributed by atoms with Crippen LogP contribution in [-0.4, -0.2) is 17.7 Å². The Morgan fingerprint density at radius 2 is 1.74 bits per heavy atom. The number of carbonyl (C=O) groups is 2. The van der Waals surface area contributed by atoms with Crippen LogP contribution in [0.2, 0.25) is 0 Å². The predicted octanol–water partition coefficient (Wildman–Crippen LogP) is 3.49. The smallest absolute Gasteiger partial charge is 0.253 e. The number of nitrogens with one attached hydrogen (secondary N) is 2. The molecule has 0 radical (unpaired) electrons. The fourth-order valence-corrected chi connectivity index (χ4v) is 2.24. The molecule has 120 valence electrons. The zero-order valence-electron chi connectivity index (χ0n) is 12.9. The van der Waals surface area contributed by atoms with E-state index in [1.165, 1.54) is 5.56 Å². The van der Waals surface area contributed by atoms with Gasteiger partial charge in [0.25, 0.3) is 5.91 Å². The van der Waals surface area contributed by atoms with E-state index in [0.717, 1.165) is 5.56 Å². The quantitative estimate of drug-likeness (QED) is 0.796. The van der Waals surface area contributed by atoms with Crippen LogP contribution in [0.5, 0.6) is 0 Å². The molecule has 0 heterocycles. The number of rotatable bonds is 6. The first-order valence-corrected chi connectivity index (χ1v) is 7.92. The highest BCUT2D eigenvalue weighted by Crippen LogP contribution is 2.15. The van der Waals surface area contributed by atoms with Gasteiger partial charge in [-0.1, -0.05) is 42.0 Å². The van der Waals surface area contributed by atoms with Crippen molar-refractivity contribution >= 4 is 29.1 Å². The van der Waals surface area contributed by atoms with Crippen LogP contribution >= 0.6 is 11.6 Å². The molecule has 2 rings (SSSR count). The number of carbonyl (C=O) groups excluding carboxylic acids is 2. The van der Waals surface area contributed by atoms with Crippen molar-refractivity contribution in [2.45, 2.75) is 19.9 Å². The first kappa shape index (κ1) is 17.0. The van der Waals surface area contributed by atoms with Crippen LogP contribution in [0.25, 0.3) is 0 Å². The number of alkyl halides is 1. The predicted molar refractivity (Wildman–Crippen MR) is 92.8 cm³/mol. The van der Waals surface area contributed by atoms with Crippen LogP contribution in [0.4, 0.5) is 5.69 Å². The molecule has 2 N–H and O–H groups in total. The van der Waals surface area contributed by atoms with Gasteiger partial charge in [-0.15, -0.1) is 11.6 Å². The van der Waals surface area contributed by atoms with E-state index in [0.29, 0.717) is 17.8 Å².